The summed E-state index contributed by atoms with van der Waals surface area (Å²) in [7, 11) is 1.78. The maximum atomic E-state index is 4.33. The summed E-state index contributed by atoms with van der Waals surface area (Å²) >= 11 is 0. The van der Waals surface area contributed by atoms with Gasteiger partial charge in [0.25, 0.3) is 0 Å². The van der Waals surface area contributed by atoms with Crippen LogP contribution in [0.2, 0.25) is 0 Å². The van der Waals surface area contributed by atoms with E-state index in [2.05, 4.69) is 35.5 Å². The minimum Gasteiger partial charge on any atom is -0.356 e. The van der Waals surface area contributed by atoms with Gasteiger partial charge in [-0.2, -0.15) is 5.10 Å². The number of nitrogens with one attached hydrogen (secondary N) is 2. The molecule has 0 fully saturated rings. The number of aliphatic imine (C=N–C) groups is 1. The number of hydrogen-bond donors (Lipinski definition) is 2. The van der Waals surface area contributed by atoms with Gasteiger partial charge in [0.2, 0.25) is 0 Å². The molecule has 0 aliphatic carbocycles. The summed E-state index contributed by atoms with van der Waals surface area (Å²) in [6.07, 6.45) is 9.49. The molecule has 2 aromatic heterocycles. The highest BCUT2D eigenvalue weighted by molar-refractivity contribution is 5.79. The molecule has 1 aliphatic rings. The average molecular weight is 330 g/mol. The highest BCUT2D eigenvalue weighted by Gasteiger charge is 2.14. The van der Waals surface area contributed by atoms with Gasteiger partial charge in [-0.1, -0.05) is 6.42 Å². The molecular formula is C16H26N8. The fraction of sp³-hybridized carbons (Fsp3) is 0.625. The van der Waals surface area contributed by atoms with E-state index in [-0.39, 0.29) is 0 Å². The molecule has 3 rings (SSSR count). The fourth-order valence-electron chi connectivity index (χ4n) is 2.94. The highest BCUT2D eigenvalue weighted by atomic mass is 15.3. The number of guanidine groups is 1. The number of aromatic nitrogens is 5. The molecule has 3 heterocycles. The van der Waals surface area contributed by atoms with E-state index in [1.165, 1.54) is 19.3 Å². The van der Waals surface area contributed by atoms with Gasteiger partial charge in [0, 0.05) is 45.5 Å². The Morgan fingerprint density at radius 3 is 3.04 bits per heavy atom. The van der Waals surface area contributed by atoms with Gasteiger partial charge in [-0.25, -0.2) is 0 Å². The Morgan fingerprint density at radius 2 is 2.21 bits per heavy atom. The molecule has 24 heavy (non-hydrogen) atoms. The Bertz CT molecular complexity index is 643. The first-order valence-electron chi connectivity index (χ1n) is 8.69. The molecule has 0 amide bonds. The van der Waals surface area contributed by atoms with Crippen molar-refractivity contribution in [3.8, 4) is 0 Å². The quantitative estimate of drug-likeness (QED) is 0.468. The zero-order valence-electron chi connectivity index (χ0n) is 14.3. The number of fused-ring (bicyclic) bond motifs is 1. The normalized spacial score (nSPS) is 15.0. The molecule has 0 spiro atoms. The smallest absolute Gasteiger partial charge is 0.191 e. The minimum atomic E-state index is 0.645. The van der Waals surface area contributed by atoms with Crippen molar-refractivity contribution in [2.24, 2.45) is 4.99 Å². The van der Waals surface area contributed by atoms with Crippen LogP contribution in [-0.2, 0) is 26.1 Å². The second-order valence-electron chi connectivity index (χ2n) is 5.97. The molecule has 0 saturated heterocycles. The van der Waals surface area contributed by atoms with Crippen LogP contribution >= 0.6 is 0 Å². The van der Waals surface area contributed by atoms with Crippen molar-refractivity contribution in [1.29, 1.82) is 0 Å². The van der Waals surface area contributed by atoms with Crippen molar-refractivity contribution < 1.29 is 0 Å². The lowest BCUT2D eigenvalue weighted by Gasteiger charge is -2.12. The molecule has 0 radical (unpaired) electrons. The Hall–Kier alpha value is -2.38. The Kier molecular flexibility index (Phi) is 5.81. The minimum absolute atomic E-state index is 0.645. The second-order valence-corrected chi connectivity index (χ2v) is 5.97. The summed E-state index contributed by atoms with van der Waals surface area (Å²) in [4.78, 5) is 4.27. The van der Waals surface area contributed by atoms with E-state index in [0.29, 0.717) is 6.54 Å². The van der Waals surface area contributed by atoms with E-state index in [9.17, 15) is 0 Å². The van der Waals surface area contributed by atoms with Crippen molar-refractivity contribution >= 4 is 5.96 Å². The maximum absolute atomic E-state index is 4.33. The van der Waals surface area contributed by atoms with Gasteiger partial charge in [0.1, 0.15) is 5.82 Å². The molecule has 2 aromatic rings. The van der Waals surface area contributed by atoms with Crippen molar-refractivity contribution in [3.05, 3.63) is 30.1 Å². The van der Waals surface area contributed by atoms with Crippen LogP contribution in [0.4, 0.5) is 0 Å². The van der Waals surface area contributed by atoms with E-state index in [1.54, 1.807) is 13.2 Å². The topological polar surface area (TPSA) is 84.9 Å². The monoisotopic (exact) mass is 330 g/mol. The van der Waals surface area contributed by atoms with Crippen LogP contribution in [0.25, 0.3) is 0 Å². The summed E-state index contributed by atoms with van der Waals surface area (Å²) < 4.78 is 4.19. The Labute approximate surface area is 142 Å². The SMILES string of the molecule is CN=C(NCCCn1cccn1)NCc1nnc2n1CCCCC2. The number of aryl methyl sites for hydroxylation is 2. The van der Waals surface area contributed by atoms with Crippen molar-refractivity contribution in [2.75, 3.05) is 13.6 Å². The molecular weight excluding hydrogens is 304 g/mol. The number of rotatable bonds is 6. The van der Waals surface area contributed by atoms with Crippen molar-refractivity contribution in [2.45, 2.75) is 51.7 Å². The number of hydrogen-bond acceptors (Lipinski definition) is 4. The van der Waals surface area contributed by atoms with Gasteiger partial charge in [-0.05, 0) is 25.3 Å². The van der Waals surface area contributed by atoms with Gasteiger partial charge in [0.05, 0.1) is 6.54 Å². The van der Waals surface area contributed by atoms with Gasteiger partial charge in [-0.15, -0.1) is 10.2 Å². The molecule has 130 valence electrons. The fourth-order valence-corrected chi connectivity index (χ4v) is 2.94. The largest absolute Gasteiger partial charge is 0.356 e. The van der Waals surface area contributed by atoms with Crippen LogP contribution in [0, 0.1) is 0 Å². The summed E-state index contributed by atoms with van der Waals surface area (Å²) in [5, 5.41) is 19.5. The first-order valence-corrected chi connectivity index (χ1v) is 8.69. The third-order valence-corrected chi connectivity index (χ3v) is 4.24. The van der Waals surface area contributed by atoms with Crippen LogP contribution in [0.5, 0.6) is 0 Å². The van der Waals surface area contributed by atoms with Crippen LogP contribution in [0.15, 0.2) is 23.5 Å². The standard InChI is InChI=1S/C16H26N8/c1-17-16(18-8-5-10-23-11-6-9-20-23)19-13-15-22-21-14-7-3-2-4-12-24(14)15/h6,9,11H,2-5,7-8,10,12-13H2,1H3,(H2,17,18,19). The first kappa shape index (κ1) is 16.5. The van der Waals surface area contributed by atoms with Crippen molar-refractivity contribution in [3.63, 3.8) is 0 Å². The molecule has 8 nitrogen and oxygen atoms in total. The van der Waals surface area contributed by atoms with E-state index in [0.717, 1.165) is 50.1 Å². The van der Waals surface area contributed by atoms with Gasteiger partial charge in [0.15, 0.2) is 11.8 Å². The lowest BCUT2D eigenvalue weighted by Crippen LogP contribution is -2.38. The predicted molar refractivity (Wildman–Crippen MR) is 92.6 cm³/mol. The van der Waals surface area contributed by atoms with Crippen LogP contribution in [0.1, 0.15) is 37.3 Å². The van der Waals surface area contributed by atoms with E-state index in [1.807, 2.05) is 16.9 Å². The third kappa shape index (κ3) is 4.33. The Morgan fingerprint density at radius 1 is 1.25 bits per heavy atom. The van der Waals surface area contributed by atoms with E-state index in [4.69, 9.17) is 0 Å². The van der Waals surface area contributed by atoms with Crippen molar-refractivity contribution in [1.82, 2.24) is 35.2 Å². The van der Waals surface area contributed by atoms with Crippen LogP contribution in [-0.4, -0.2) is 44.1 Å². The average Bonchev–Trinajstić information content (AvgIpc) is 3.19. The Balaban J connectivity index is 1.43. The van der Waals surface area contributed by atoms with E-state index < -0.39 is 0 Å². The molecule has 0 bridgehead atoms. The summed E-state index contributed by atoms with van der Waals surface area (Å²) in [6.45, 7) is 3.41. The number of nitrogens with zero attached hydrogens (tertiary/aromatic N) is 6. The molecule has 0 unspecified atom stereocenters. The molecule has 1 aliphatic heterocycles. The zero-order chi connectivity index (χ0) is 16.6. The van der Waals surface area contributed by atoms with Crippen LogP contribution in [0.3, 0.4) is 0 Å². The van der Waals surface area contributed by atoms with E-state index >= 15 is 0 Å². The lowest BCUT2D eigenvalue weighted by atomic mass is 10.2. The summed E-state index contributed by atoms with van der Waals surface area (Å²) in [5.74, 6) is 2.90. The van der Waals surface area contributed by atoms with Gasteiger partial charge in [-0.3, -0.25) is 9.67 Å². The second kappa shape index (κ2) is 8.47. The lowest BCUT2D eigenvalue weighted by molar-refractivity contribution is 0.567. The van der Waals surface area contributed by atoms with Crippen LogP contribution < -0.4 is 10.6 Å². The zero-order valence-corrected chi connectivity index (χ0v) is 14.3. The molecule has 2 N–H and O–H groups in total. The third-order valence-electron chi connectivity index (χ3n) is 4.24. The summed E-state index contributed by atoms with van der Waals surface area (Å²) in [5.41, 5.74) is 0. The van der Waals surface area contributed by atoms with Gasteiger partial charge < -0.3 is 15.2 Å². The predicted octanol–water partition coefficient (Wildman–Crippen LogP) is 0.956. The maximum Gasteiger partial charge on any atom is 0.191 e. The molecule has 0 atom stereocenters. The first-order chi connectivity index (χ1) is 11.9. The summed E-state index contributed by atoms with van der Waals surface area (Å²) in [6, 6.07) is 1.94. The molecule has 0 saturated carbocycles. The van der Waals surface area contributed by atoms with Gasteiger partial charge >= 0.3 is 0 Å². The highest BCUT2D eigenvalue weighted by Crippen LogP contribution is 2.14. The molecule has 8 heteroatoms. The molecule has 0 aromatic carbocycles.